The Kier molecular flexibility index (Phi) is 6.86. The summed E-state index contributed by atoms with van der Waals surface area (Å²) < 4.78 is 12.7. The van der Waals surface area contributed by atoms with Gasteiger partial charge in [0.1, 0.15) is 23.9 Å². The van der Waals surface area contributed by atoms with E-state index in [-0.39, 0.29) is 23.4 Å². The highest BCUT2D eigenvalue weighted by atomic mass is 16.5. The van der Waals surface area contributed by atoms with Crippen LogP contribution in [0.25, 0.3) is 0 Å². The molecule has 0 fully saturated rings. The lowest BCUT2D eigenvalue weighted by Crippen LogP contribution is -2.22. The summed E-state index contributed by atoms with van der Waals surface area (Å²) in [5.41, 5.74) is 8.57. The van der Waals surface area contributed by atoms with Crippen LogP contribution in [0.3, 0.4) is 0 Å². The van der Waals surface area contributed by atoms with Crippen molar-refractivity contribution >= 4 is 23.3 Å². The zero-order chi connectivity index (χ0) is 29.1. The molecule has 3 aromatic rings. The fraction of sp³-hybridized carbons (Fsp3) is 0.471. The number of fused-ring (bicyclic) bond motifs is 3. The van der Waals surface area contributed by atoms with Crippen LogP contribution < -0.4 is 5.32 Å². The smallest absolute Gasteiger partial charge is 0.164 e. The minimum Gasteiger partial charge on any atom is -0.366 e. The van der Waals surface area contributed by atoms with Crippen LogP contribution >= 0.6 is 0 Å². The molecule has 3 heterocycles. The number of ether oxygens (including phenoxy) is 2. The molecule has 0 unspecified atom stereocenters. The number of amidine groups is 2. The third-order valence-corrected chi connectivity index (χ3v) is 7.77. The van der Waals surface area contributed by atoms with E-state index in [0.717, 1.165) is 59.9 Å². The second kappa shape index (κ2) is 10.1. The van der Waals surface area contributed by atoms with Crippen molar-refractivity contribution in [1.29, 1.82) is 0 Å². The Morgan fingerprint density at radius 3 is 1.95 bits per heavy atom. The SMILES string of the molecule is Cc1cc(N=C2N=C(Nc3cc(C)c4c(n3)[C@H](OC(C)(C)C)CC4)c3ccccc32)nc2c1CC[C@H]2OC(C)(C)C. The molecule has 3 aliphatic rings. The van der Waals surface area contributed by atoms with Gasteiger partial charge in [0.15, 0.2) is 11.7 Å². The number of rotatable bonds is 4. The van der Waals surface area contributed by atoms with Gasteiger partial charge in [0.25, 0.3) is 0 Å². The molecule has 1 aliphatic heterocycles. The van der Waals surface area contributed by atoms with Crippen molar-refractivity contribution in [2.24, 2.45) is 9.98 Å². The van der Waals surface area contributed by atoms with Crippen LogP contribution in [-0.2, 0) is 22.3 Å². The number of aryl methyl sites for hydroxylation is 2. The molecular formula is C34H41N5O2. The Morgan fingerprint density at radius 2 is 1.34 bits per heavy atom. The van der Waals surface area contributed by atoms with Crippen LogP contribution in [0.15, 0.2) is 46.4 Å². The summed E-state index contributed by atoms with van der Waals surface area (Å²) in [5.74, 6) is 2.82. The van der Waals surface area contributed by atoms with Gasteiger partial charge in [-0.1, -0.05) is 24.3 Å². The van der Waals surface area contributed by atoms with Gasteiger partial charge in [-0.05, 0) is 115 Å². The quantitative estimate of drug-likeness (QED) is 0.360. The summed E-state index contributed by atoms with van der Waals surface area (Å²) in [4.78, 5) is 19.9. The lowest BCUT2D eigenvalue weighted by atomic mass is 10.1. The summed E-state index contributed by atoms with van der Waals surface area (Å²) in [7, 11) is 0. The maximum atomic E-state index is 6.36. The fourth-order valence-electron chi connectivity index (χ4n) is 6.16. The number of hydrogen-bond donors (Lipinski definition) is 1. The summed E-state index contributed by atoms with van der Waals surface area (Å²) in [5, 5.41) is 3.51. The van der Waals surface area contributed by atoms with Gasteiger partial charge in [0.2, 0.25) is 0 Å². The highest BCUT2D eigenvalue weighted by molar-refractivity contribution is 6.26. The molecule has 0 saturated carbocycles. The van der Waals surface area contributed by atoms with Crippen molar-refractivity contribution in [2.75, 3.05) is 5.32 Å². The van der Waals surface area contributed by atoms with E-state index in [1.54, 1.807) is 0 Å². The van der Waals surface area contributed by atoms with Crippen molar-refractivity contribution < 1.29 is 9.47 Å². The Labute approximate surface area is 243 Å². The van der Waals surface area contributed by atoms with Gasteiger partial charge in [0, 0.05) is 11.1 Å². The van der Waals surface area contributed by atoms with Gasteiger partial charge < -0.3 is 14.8 Å². The Morgan fingerprint density at radius 1 is 0.780 bits per heavy atom. The Balaban J connectivity index is 1.33. The third kappa shape index (κ3) is 5.70. The highest BCUT2D eigenvalue weighted by Crippen LogP contribution is 2.40. The number of nitrogens with one attached hydrogen (secondary N) is 1. The fourth-order valence-corrected chi connectivity index (χ4v) is 6.16. The lowest BCUT2D eigenvalue weighted by Gasteiger charge is -2.25. The monoisotopic (exact) mass is 551 g/mol. The average Bonchev–Trinajstić information content (AvgIpc) is 3.55. The van der Waals surface area contributed by atoms with E-state index in [1.165, 1.54) is 22.3 Å². The molecule has 0 spiro atoms. The Hall–Kier alpha value is -3.42. The third-order valence-electron chi connectivity index (χ3n) is 7.77. The van der Waals surface area contributed by atoms with Crippen LogP contribution in [0.4, 0.5) is 11.6 Å². The molecule has 0 radical (unpaired) electrons. The van der Waals surface area contributed by atoms with Crippen LogP contribution in [0, 0.1) is 13.8 Å². The number of nitrogens with zero attached hydrogens (tertiary/aromatic N) is 4. The maximum absolute atomic E-state index is 6.36. The minimum absolute atomic E-state index is 0.000545. The van der Waals surface area contributed by atoms with E-state index in [2.05, 4.69) is 85.0 Å². The average molecular weight is 552 g/mol. The summed E-state index contributed by atoms with van der Waals surface area (Å²) >= 11 is 0. The topological polar surface area (TPSA) is 81.0 Å². The van der Waals surface area contributed by atoms with Gasteiger partial charge in [-0.15, -0.1) is 0 Å². The molecule has 41 heavy (non-hydrogen) atoms. The van der Waals surface area contributed by atoms with E-state index in [9.17, 15) is 0 Å². The van der Waals surface area contributed by atoms with E-state index in [1.807, 2.05) is 12.1 Å². The number of aliphatic imine (C=N–C) groups is 2. The molecule has 0 saturated heterocycles. The first-order chi connectivity index (χ1) is 19.3. The molecule has 2 aliphatic carbocycles. The molecule has 214 valence electrons. The summed E-state index contributed by atoms with van der Waals surface area (Å²) in [6.45, 7) is 16.9. The normalized spacial score (nSPS) is 20.7. The second-order valence-electron chi connectivity index (χ2n) is 13.4. The molecule has 7 heteroatoms. The largest absolute Gasteiger partial charge is 0.366 e. The van der Waals surface area contributed by atoms with Gasteiger partial charge >= 0.3 is 0 Å². The molecule has 1 aromatic carbocycles. The van der Waals surface area contributed by atoms with Gasteiger partial charge in [-0.25, -0.2) is 20.0 Å². The van der Waals surface area contributed by atoms with Crippen LogP contribution in [0.1, 0.15) is 111 Å². The molecule has 2 aromatic heterocycles. The van der Waals surface area contributed by atoms with Crippen molar-refractivity contribution in [1.82, 2.24) is 9.97 Å². The number of pyridine rings is 2. The first kappa shape index (κ1) is 27.7. The van der Waals surface area contributed by atoms with Crippen LogP contribution in [0.2, 0.25) is 0 Å². The maximum Gasteiger partial charge on any atom is 0.164 e. The summed E-state index contributed by atoms with van der Waals surface area (Å²) in [6.07, 6.45) is 3.87. The van der Waals surface area contributed by atoms with Crippen molar-refractivity contribution in [2.45, 2.75) is 104 Å². The van der Waals surface area contributed by atoms with E-state index in [0.29, 0.717) is 11.7 Å². The number of aromatic nitrogens is 2. The Bertz CT molecular complexity index is 1580. The molecule has 0 amide bonds. The highest BCUT2D eigenvalue weighted by Gasteiger charge is 2.32. The van der Waals surface area contributed by atoms with E-state index >= 15 is 0 Å². The van der Waals surface area contributed by atoms with E-state index < -0.39 is 0 Å². The van der Waals surface area contributed by atoms with E-state index in [4.69, 9.17) is 29.4 Å². The molecular weight excluding hydrogens is 510 g/mol. The van der Waals surface area contributed by atoms with Crippen LogP contribution in [-0.4, -0.2) is 32.8 Å². The molecule has 2 atom stereocenters. The molecule has 1 N–H and O–H groups in total. The molecule has 0 bridgehead atoms. The molecule has 6 rings (SSSR count). The zero-order valence-corrected chi connectivity index (χ0v) is 25.6. The van der Waals surface area contributed by atoms with Crippen molar-refractivity contribution in [3.8, 4) is 0 Å². The van der Waals surface area contributed by atoms with Crippen LogP contribution in [0.5, 0.6) is 0 Å². The lowest BCUT2D eigenvalue weighted by molar-refractivity contribution is -0.0624. The van der Waals surface area contributed by atoms with Crippen molar-refractivity contribution in [3.05, 3.63) is 81.2 Å². The summed E-state index contributed by atoms with van der Waals surface area (Å²) in [6, 6.07) is 12.4. The first-order valence-corrected chi connectivity index (χ1v) is 14.8. The number of hydrogen-bond acceptors (Lipinski definition) is 6. The van der Waals surface area contributed by atoms with Gasteiger partial charge in [-0.2, -0.15) is 0 Å². The standard InChI is InChI=1S/C34H41N5O2/c1-19-17-27(35-29-21(19)13-15-25(29)40-33(3,4)5)37-31-23-11-9-10-12-24(23)32(39-31)38-28-18-20(2)22-14-16-26(30(22)36-28)41-34(6,7)8/h9-12,17-18,25-26H,13-16H2,1-8H3,(H,35,36,37,38,39)/t25-,26-/m1/s1. The van der Waals surface area contributed by atoms with Gasteiger partial charge in [-0.3, -0.25) is 0 Å². The number of anilines is 1. The predicted molar refractivity (Wildman–Crippen MR) is 165 cm³/mol. The molecule has 7 nitrogen and oxygen atoms in total. The zero-order valence-electron chi connectivity index (χ0n) is 25.6. The second-order valence-corrected chi connectivity index (χ2v) is 13.4. The number of benzene rings is 1. The first-order valence-electron chi connectivity index (χ1n) is 14.8. The predicted octanol–water partition coefficient (Wildman–Crippen LogP) is 7.65. The minimum atomic E-state index is -0.234. The van der Waals surface area contributed by atoms with Crippen molar-refractivity contribution in [3.63, 3.8) is 0 Å². The van der Waals surface area contributed by atoms with Gasteiger partial charge in [0.05, 0.1) is 22.6 Å².